The van der Waals surface area contributed by atoms with Crippen LogP contribution in [-0.4, -0.2) is 15.6 Å². The number of nitriles is 1. The number of nitrogens with zero attached hydrogens (tertiary/aromatic N) is 3. The Labute approximate surface area is 126 Å². The van der Waals surface area contributed by atoms with Crippen LogP contribution >= 0.6 is 23.2 Å². The van der Waals surface area contributed by atoms with Gasteiger partial charge in [0.25, 0.3) is 0 Å². The van der Waals surface area contributed by atoms with Crippen molar-refractivity contribution in [2.75, 3.05) is 0 Å². The zero-order valence-electron chi connectivity index (χ0n) is 10.9. The Kier molecular flexibility index (Phi) is 4.12. The summed E-state index contributed by atoms with van der Waals surface area (Å²) in [6.45, 7) is 1.73. The summed E-state index contributed by atoms with van der Waals surface area (Å²) in [5, 5.41) is 14.2. The fourth-order valence-corrected chi connectivity index (χ4v) is 2.52. The minimum atomic E-state index is -0.970. The molecule has 2 aromatic rings. The van der Waals surface area contributed by atoms with Crippen molar-refractivity contribution in [3.05, 3.63) is 51.3 Å². The number of aryl methyl sites for hydroxylation is 2. The minimum Gasteiger partial charge on any atom is -0.292 e. The molecule has 6 heteroatoms. The molecule has 0 aliphatic heterocycles. The third-order valence-corrected chi connectivity index (χ3v) is 3.51. The second kappa shape index (κ2) is 5.66. The van der Waals surface area contributed by atoms with Gasteiger partial charge in [0, 0.05) is 23.3 Å². The highest BCUT2D eigenvalue weighted by molar-refractivity contribution is 6.35. The summed E-state index contributed by atoms with van der Waals surface area (Å²) < 4.78 is 1.54. The summed E-state index contributed by atoms with van der Waals surface area (Å²) in [6, 6.07) is 6.73. The van der Waals surface area contributed by atoms with E-state index in [-0.39, 0.29) is 5.78 Å². The van der Waals surface area contributed by atoms with Gasteiger partial charge in [-0.3, -0.25) is 9.48 Å². The number of hydrogen-bond acceptors (Lipinski definition) is 3. The van der Waals surface area contributed by atoms with E-state index in [0.29, 0.717) is 26.9 Å². The SMILES string of the molecule is Cc1nn(C)cc1C(=O)C(C#N)c1ccc(Cl)cc1Cl. The molecule has 1 aromatic carbocycles. The van der Waals surface area contributed by atoms with Crippen molar-refractivity contribution < 1.29 is 4.79 Å². The molecule has 102 valence electrons. The van der Waals surface area contributed by atoms with Crippen molar-refractivity contribution in [2.24, 2.45) is 7.05 Å². The molecule has 20 heavy (non-hydrogen) atoms. The number of hydrogen-bond donors (Lipinski definition) is 0. The number of Topliss-reactive ketones (excluding diaryl/α,β-unsaturated/α-hetero) is 1. The van der Waals surface area contributed by atoms with Crippen LogP contribution in [0.15, 0.2) is 24.4 Å². The second-order valence-electron chi connectivity index (χ2n) is 4.39. The molecule has 0 aliphatic carbocycles. The predicted octanol–water partition coefficient (Wildman–Crippen LogP) is 3.53. The molecule has 1 atom stereocenters. The average molecular weight is 308 g/mol. The highest BCUT2D eigenvalue weighted by Crippen LogP contribution is 2.30. The molecule has 0 amide bonds. The van der Waals surface area contributed by atoms with Gasteiger partial charge in [0.1, 0.15) is 5.92 Å². The maximum Gasteiger partial charge on any atom is 0.187 e. The van der Waals surface area contributed by atoms with Crippen LogP contribution in [-0.2, 0) is 7.05 Å². The van der Waals surface area contributed by atoms with E-state index < -0.39 is 5.92 Å². The molecular weight excluding hydrogens is 297 g/mol. The molecule has 0 fully saturated rings. The number of rotatable bonds is 3. The van der Waals surface area contributed by atoms with Crippen LogP contribution in [0.3, 0.4) is 0 Å². The summed E-state index contributed by atoms with van der Waals surface area (Å²) in [5.74, 6) is -1.29. The van der Waals surface area contributed by atoms with Crippen molar-refractivity contribution in [3.63, 3.8) is 0 Å². The van der Waals surface area contributed by atoms with Crippen LogP contribution < -0.4 is 0 Å². The van der Waals surface area contributed by atoms with Crippen LogP contribution in [0.1, 0.15) is 27.5 Å². The fourth-order valence-electron chi connectivity index (χ4n) is 2.00. The highest BCUT2D eigenvalue weighted by Gasteiger charge is 2.26. The smallest absolute Gasteiger partial charge is 0.187 e. The third-order valence-electron chi connectivity index (χ3n) is 2.94. The first-order chi connectivity index (χ1) is 9.43. The molecule has 1 aromatic heterocycles. The first-order valence-electron chi connectivity index (χ1n) is 5.83. The lowest BCUT2D eigenvalue weighted by atomic mass is 9.92. The maximum atomic E-state index is 12.5. The van der Waals surface area contributed by atoms with Crippen molar-refractivity contribution >= 4 is 29.0 Å². The number of carbonyl (C=O) groups is 1. The number of carbonyl (C=O) groups excluding carboxylic acids is 1. The lowest BCUT2D eigenvalue weighted by Gasteiger charge is -2.10. The zero-order valence-corrected chi connectivity index (χ0v) is 12.4. The molecule has 1 heterocycles. The van der Waals surface area contributed by atoms with Crippen molar-refractivity contribution in [3.8, 4) is 6.07 Å². The van der Waals surface area contributed by atoms with Gasteiger partial charge in [-0.1, -0.05) is 29.3 Å². The summed E-state index contributed by atoms with van der Waals surface area (Å²) in [4.78, 5) is 12.5. The van der Waals surface area contributed by atoms with Gasteiger partial charge < -0.3 is 0 Å². The van der Waals surface area contributed by atoms with E-state index in [1.54, 1.807) is 37.0 Å². The Morgan fingerprint density at radius 3 is 2.65 bits per heavy atom. The van der Waals surface area contributed by atoms with Gasteiger partial charge in [-0.05, 0) is 24.6 Å². The zero-order chi connectivity index (χ0) is 14.9. The molecule has 1 unspecified atom stereocenters. The van der Waals surface area contributed by atoms with Crippen molar-refractivity contribution in [2.45, 2.75) is 12.8 Å². The van der Waals surface area contributed by atoms with Gasteiger partial charge in [-0.2, -0.15) is 10.4 Å². The first-order valence-corrected chi connectivity index (χ1v) is 6.58. The Hall–Kier alpha value is -1.83. The molecule has 0 radical (unpaired) electrons. The molecule has 2 rings (SSSR count). The summed E-state index contributed by atoms with van der Waals surface area (Å²) in [7, 11) is 1.72. The van der Waals surface area contributed by atoms with Crippen LogP contribution in [0.2, 0.25) is 10.0 Å². The van der Waals surface area contributed by atoms with Gasteiger partial charge in [-0.15, -0.1) is 0 Å². The molecule has 0 saturated carbocycles. The average Bonchev–Trinajstić information content (AvgIpc) is 2.71. The molecule has 0 spiro atoms. The van der Waals surface area contributed by atoms with Gasteiger partial charge in [0.05, 0.1) is 17.3 Å². The quantitative estimate of drug-likeness (QED) is 0.815. The Bertz CT molecular complexity index is 716. The number of halogens is 2. The number of benzene rings is 1. The van der Waals surface area contributed by atoms with E-state index in [4.69, 9.17) is 23.2 Å². The first kappa shape index (κ1) is 14.6. The lowest BCUT2D eigenvalue weighted by molar-refractivity contribution is 0.0978. The minimum absolute atomic E-state index is 0.305. The van der Waals surface area contributed by atoms with Gasteiger partial charge in [0.2, 0.25) is 0 Å². The largest absolute Gasteiger partial charge is 0.292 e. The van der Waals surface area contributed by atoms with E-state index in [0.717, 1.165) is 0 Å². The molecule has 0 N–H and O–H groups in total. The molecule has 0 saturated heterocycles. The second-order valence-corrected chi connectivity index (χ2v) is 5.24. The standard InChI is InChI=1S/C14H11Cl2N3O/c1-8-12(7-19(2)18-8)14(20)11(6-17)10-4-3-9(15)5-13(10)16/h3-5,7,11H,1-2H3. The summed E-state index contributed by atoms with van der Waals surface area (Å²) in [6.07, 6.45) is 1.60. The van der Waals surface area contributed by atoms with E-state index in [9.17, 15) is 10.1 Å². The van der Waals surface area contributed by atoms with Crippen LogP contribution in [0, 0.1) is 18.3 Å². The van der Waals surface area contributed by atoms with Gasteiger partial charge in [-0.25, -0.2) is 0 Å². The maximum absolute atomic E-state index is 12.5. The van der Waals surface area contributed by atoms with Crippen molar-refractivity contribution in [1.29, 1.82) is 5.26 Å². The molecule has 0 aliphatic rings. The van der Waals surface area contributed by atoms with Gasteiger partial charge >= 0.3 is 0 Å². The normalized spacial score (nSPS) is 11.9. The van der Waals surface area contributed by atoms with Crippen LogP contribution in [0.4, 0.5) is 0 Å². The molecule has 0 bridgehead atoms. The van der Waals surface area contributed by atoms with E-state index in [2.05, 4.69) is 5.10 Å². The van der Waals surface area contributed by atoms with Crippen LogP contribution in [0.5, 0.6) is 0 Å². The fraction of sp³-hybridized carbons (Fsp3) is 0.214. The summed E-state index contributed by atoms with van der Waals surface area (Å²) >= 11 is 11.9. The number of ketones is 1. The molecule has 4 nitrogen and oxygen atoms in total. The molecular formula is C14H11Cl2N3O. The predicted molar refractivity (Wildman–Crippen MR) is 77.1 cm³/mol. The van der Waals surface area contributed by atoms with Gasteiger partial charge in [0.15, 0.2) is 5.78 Å². The lowest BCUT2D eigenvalue weighted by Crippen LogP contribution is -2.12. The van der Waals surface area contributed by atoms with E-state index >= 15 is 0 Å². The topological polar surface area (TPSA) is 58.7 Å². The van der Waals surface area contributed by atoms with Crippen LogP contribution in [0.25, 0.3) is 0 Å². The Morgan fingerprint density at radius 2 is 2.15 bits per heavy atom. The third kappa shape index (κ3) is 2.69. The van der Waals surface area contributed by atoms with Crippen molar-refractivity contribution in [1.82, 2.24) is 9.78 Å². The van der Waals surface area contributed by atoms with E-state index in [1.165, 1.54) is 6.07 Å². The van der Waals surface area contributed by atoms with E-state index in [1.807, 2.05) is 6.07 Å². The Morgan fingerprint density at radius 1 is 1.45 bits per heavy atom. The highest BCUT2D eigenvalue weighted by atomic mass is 35.5. The summed E-state index contributed by atoms with van der Waals surface area (Å²) in [5.41, 5.74) is 1.46. The monoisotopic (exact) mass is 307 g/mol. The Balaban J connectivity index is 2.45. The number of aromatic nitrogens is 2.